The standard InChI is InChI=1S/C29H37FN8O/c1-17-11-21(31)34-26(22(17)19-5-6-19)25-23-24(20(30)14-33-25)35-28(36-27(23)37(2)15-18-12-32-13-18)39-16-29-7-3-9-38(29)10-4-8-29/h11,14,18-19,32H,3-10,12-13,15-16H2,1-2H3,(H2,31,34). The molecule has 0 amide bonds. The second kappa shape index (κ2) is 9.52. The predicted octanol–water partition coefficient (Wildman–Crippen LogP) is 3.66. The summed E-state index contributed by atoms with van der Waals surface area (Å²) in [5, 5.41) is 3.91. The number of nitrogens with two attached hydrogens (primary N) is 1. The topological polar surface area (TPSA) is 105 Å². The molecule has 3 aromatic rings. The van der Waals surface area contributed by atoms with Crippen LogP contribution in [-0.2, 0) is 0 Å². The SMILES string of the molecule is Cc1cc(N)nc(-c2ncc(F)c3nc(OCC45CCCN4CCC5)nc(N(C)CC4CNC4)c23)c1C1CC1. The van der Waals surface area contributed by atoms with Gasteiger partial charge >= 0.3 is 6.01 Å². The number of nitrogen functional groups attached to an aromatic ring is 1. The molecule has 0 unspecified atom stereocenters. The van der Waals surface area contributed by atoms with E-state index in [1.54, 1.807) is 0 Å². The molecule has 4 aliphatic rings. The Hall–Kier alpha value is -3.11. The van der Waals surface area contributed by atoms with Crippen LogP contribution >= 0.6 is 0 Å². The van der Waals surface area contributed by atoms with Gasteiger partial charge in [0.2, 0.25) is 0 Å². The number of aromatic nitrogens is 4. The van der Waals surface area contributed by atoms with Gasteiger partial charge in [-0.3, -0.25) is 9.88 Å². The zero-order valence-corrected chi connectivity index (χ0v) is 22.8. The van der Waals surface area contributed by atoms with Crippen molar-refractivity contribution < 1.29 is 9.13 Å². The minimum Gasteiger partial charge on any atom is -0.461 e. The highest BCUT2D eigenvalue weighted by Crippen LogP contribution is 2.47. The molecule has 0 bridgehead atoms. The smallest absolute Gasteiger partial charge is 0.319 e. The first-order chi connectivity index (χ1) is 18.9. The summed E-state index contributed by atoms with van der Waals surface area (Å²) in [6.45, 7) is 7.51. The first-order valence-electron chi connectivity index (χ1n) is 14.4. The van der Waals surface area contributed by atoms with Crippen LogP contribution in [0.4, 0.5) is 16.0 Å². The fourth-order valence-corrected chi connectivity index (χ4v) is 6.97. The van der Waals surface area contributed by atoms with Crippen molar-refractivity contribution >= 4 is 22.5 Å². The van der Waals surface area contributed by atoms with Crippen molar-refractivity contribution in [1.29, 1.82) is 0 Å². The van der Waals surface area contributed by atoms with Gasteiger partial charge in [0, 0.05) is 32.6 Å². The summed E-state index contributed by atoms with van der Waals surface area (Å²) in [5.41, 5.74) is 10.0. The summed E-state index contributed by atoms with van der Waals surface area (Å²) in [6.07, 6.45) is 8.07. The highest BCUT2D eigenvalue weighted by molar-refractivity contribution is 6.01. The highest BCUT2D eigenvalue weighted by Gasteiger charge is 2.45. The minimum atomic E-state index is -0.490. The van der Waals surface area contributed by atoms with Gasteiger partial charge in [0.15, 0.2) is 5.82 Å². The Balaban J connectivity index is 1.36. The van der Waals surface area contributed by atoms with E-state index in [9.17, 15) is 0 Å². The molecule has 10 heteroatoms. The number of anilines is 2. The Bertz CT molecular complexity index is 1410. The summed E-state index contributed by atoms with van der Waals surface area (Å²) in [5.74, 6) is 1.48. The van der Waals surface area contributed by atoms with Crippen LogP contribution < -0.4 is 20.7 Å². The van der Waals surface area contributed by atoms with E-state index in [1.165, 1.54) is 19.0 Å². The monoisotopic (exact) mass is 532 g/mol. The molecule has 0 atom stereocenters. The van der Waals surface area contributed by atoms with E-state index in [-0.39, 0.29) is 17.1 Å². The van der Waals surface area contributed by atoms with Gasteiger partial charge in [-0.25, -0.2) is 9.37 Å². The van der Waals surface area contributed by atoms with Crippen molar-refractivity contribution in [2.75, 3.05) is 57.0 Å². The van der Waals surface area contributed by atoms with Crippen LogP contribution in [0.25, 0.3) is 22.3 Å². The molecule has 3 saturated heterocycles. The number of rotatable bonds is 8. The van der Waals surface area contributed by atoms with Gasteiger partial charge < -0.3 is 20.7 Å². The largest absolute Gasteiger partial charge is 0.461 e. The molecule has 7 rings (SSSR count). The van der Waals surface area contributed by atoms with E-state index in [2.05, 4.69) is 32.0 Å². The zero-order chi connectivity index (χ0) is 26.7. The molecule has 1 aliphatic carbocycles. The lowest BCUT2D eigenvalue weighted by Crippen LogP contribution is -2.47. The second-order valence-electron chi connectivity index (χ2n) is 12.0. The van der Waals surface area contributed by atoms with Crippen LogP contribution in [0.5, 0.6) is 6.01 Å². The Kier molecular flexibility index (Phi) is 6.08. The molecule has 3 aromatic heterocycles. The summed E-state index contributed by atoms with van der Waals surface area (Å²) in [7, 11) is 2.01. The Morgan fingerprint density at radius 2 is 1.92 bits per heavy atom. The molecule has 4 fully saturated rings. The lowest BCUT2D eigenvalue weighted by atomic mass is 9.95. The van der Waals surface area contributed by atoms with Crippen LogP contribution in [0.3, 0.4) is 0 Å². The van der Waals surface area contributed by atoms with Crippen LogP contribution in [0, 0.1) is 18.7 Å². The number of ether oxygens (including phenoxy) is 1. The molecule has 0 spiro atoms. The van der Waals surface area contributed by atoms with Crippen LogP contribution in [-0.4, -0.2) is 76.8 Å². The van der Waals surface area contributed by atoms with Gasteiger partial charge in [0.05, 0.1) is 22.8 Å². The summed E-state index contributed by atoms with van der Waals surface area (Å²) in [4.78, 5) is 23.6. The molecular formula is C29H37FN8O. The lowest BCUT2D eigenvalue weighted by molar-refractivity contribution is 0.108. The summed E-state index contributed by atoms with van der Waals surface area (Å²) in [6, 6.07) is 2.14. The van der Waals surface area contributed by atoms with Gasteiger partial charge in [0.25, 0.3) is 0 Å². The number of pyridine rings is 2. The minimum absolute atomic E-state index is 0.0477. The van der Waals surface area contributed by atoms with Crippen molar-refractivity contribution in [2.24, 2.45) is 5.92 Å². The lowest BCUT2D eigenvalue weighted by Gasteiger charge is -2.33. The molecule has 0 radical (unpaired) electrons. The van der Waals surface area contributed by atoms with Crippen molar-refractivity contribution in [2.45, 2.75) is 56.9 Å². The van der Waals surface area contributed by atoms with Gasteiger partial charge in [-0.15, -0.1) is 0 Å². The van der Waals surface area contributed by atoms with Crippen molar-refractivity contribution in [3.05, 3.63) is 29.2 Å². The van der Waals surface area contributed by atoms with Crippen molar-refractivity contribution in [1.82, 2.24) is 30.2 Å². The van der Waals surface area contributed by atoms with E-state index >= 15 is 4.39 Å². The second-order valence-corrected chi connectivity index (χ2v) is 12.0. The van der Waals surface area contributed by atoms with Gasteiger partial charge in [-0.1, -0.05) is 0 Å². The molecular weight excluding hydrogens is 495 g/mol. The van der Waals surface area contributed by atoms with Gasteiger partial charge in [-0.05, 0) is 81.6 Å². The van der Waals surface area contributed by atoms with Gasteiger partial charge in [0.1, 0.15) is 29.5 Å². The molecule has 6 heterocycles. The molecule has 206 valence electrons. The van der Waals surface area contributed by atoms with Crippen LogP contribution in [0.15, 0.2) is 12.3 Å². The molecule has 1 saturated carbocycles. The van der Waals surface area contributed by atoms with E-state index in [0.29, 0.717) is 46.9 Å². The maximum Gasteiger partial charge on any atom is 0.319 e. The average Bonchev–Trinajstić information content (AvgIpc) is 3.52. The maximum absolute atomic E-state index is 15.5. The quantitative estimate of drug-likeness (QED) is 0.450. The first-order valence-corrected chi connectivity index (χ1v) is 14.4. The molecule has 3 aliphatic heterocycles. The molecule has 3 N–H and O–H groups in total. The first kappa shape index (κ1) is 24.9. The maximum atomic E-state index is 15.5. The van der Waals surface area contributed by atoms with E-state index in [0.717, 1.165) is 69.5 Å². The number of fused-ring (bicyclic) bond motifs is 2. The molecule has 39 heavy (non-hydrogen) atoms. The Morgan fingerprint density at radius 3 is 2.62 bits per heavy atom. The third-order valence-corrected chi connectivity index (χ3v) is 9.18. The van der Waals surface area contributed by atoms with E-state index in [4.69, 9.17) is 20.4 Å². The fourth-order valence-electron chi connectivity index (χ4n) is 6.97. The van der Waals surface area contributed by atoms with Gasteiger partial charge in [-0.2, -0.15) is 9.97 Å². The molecule has 9 nitrogen and oxygen atoms in total. The van der Waals surface area contributed by atoms with Crippen molar-refractivity contribution in [3.8, 4) is 17.4 Å². The number of halogens is 1. The third-order valence-electron chi connectivity index (χ3n) is 9.18. The predicted molar refractivity (Wildman–Crippen MR) is 150 cm³/mol. The highest BCUT2D eigenvalue weighted by atomic mass is 19.1. The average molecular weight is 533 g/mol. The normalized spacial score (nSPS) is 20.8. The fraction of sp³-hybridized carbons (Fsp3) is 0.586. The Morgan fingerprint density at radius 1 is 1.15 bits per heavy atom. The third kappa shape index (κ3) is 4.37. The number of nitrogens with zero attached hydrogens (tertiary/aromatic N) is 6. The number of nitrogens with one attached hydrogen (secondary N) is 1. The number of aryl methyl sites for hydroxylation is 1. The number of hydrogen-bond acceptors (Lipinski definition) is 9. The van der Waals surface area contributed by atoms with Crippen LogP contribution in [0.1, 0.15) is 55.6 Å². The Labute approximate surface area is 228 Å². The summed E-state index contributed by atoms with van der Waals surface area (Å²) < 4.78 is 21.9. The van der Waals surface area contributed by atoms with E-state index in [1.807, 2.05) is 13.1 Å². The molecule has 0 aromatic carbocycles. The van der Waals surface area contributed by atoms with Crippen molar-refractivity contribution in [3.63, 3.8) is 0 Å². The summed E-state index contributed by atoms with van der Waals surface area (Å²) >= 11 is 0. The van der Waals surface area contributed by atoms with E-state index < -0.39 is 5.82 Å². The van der Waals surface area contributed by atoms with Crippen LogP contribution in [0.2, 0.25) is 0 Å². The number of hydrogen-bond donors (Lipinski definition) is 2. The zero-order valence-electron chi connectivity index (χ0n) is 22.8.